The molecule has 3 aromatic carbocycles. The molecule has 178 valence electrons. The molecule has 0 aliphatic rings. The summed E-state index contributed by atoms with van der Waals surface area (Å²) in [6.45, 7) is 1.96. The van der Waals surface area contributed by atoms with Crippen molar-refractivity contribution in [3.63, 3.8) is 0 Å². The molecule has 1 heterocycles. The number of para-hydroxylation sites is 1. The van der Waals surface area contributed by atoms with Gasteiger partial charge in [0.05, 0.1) is 37.5 Å². The van der Waals surface area contributed by atoms with E-state index >= 15 is 0 Å². The van der Waals surface area contributed by atoms with Crippen LogP contribution in [-0.2, 0) is 0 Å². The largest absolute Gasteiger partial charge is 0.487 e. The second-order valence-electron chi connectivity index (χ2n) is 7.08. The van der Waals surface area contributed by atoms with Crippen molar-refractivity contribution in [1.82, 2.24) is 10.3 Å². The van der Waals surface area contributed by atoms with Gasteiger partial charge in [0.25, 0.3) is 5.91 Å². The summed E-state index contributed by atoms with van der Waals surface area (Å²) >= 11 is 19.5. The lowest BCUT2D eigenvalue weighted by Gasteiger charge is -2.13. The van der Waals surface area contributed by atoms with Gasteiger partial charge in [-0.05, 0) is 55.5 Å². The van der Waals surface area contributed by atoms with E-state index in [0.717, 1.165) is 16.3 Å². The third-order valence-electron chi connectivity index (χ3n) is 4.77. The Kier molecular flexibility index (Phi) is 7.46. The summed E-state index contributed by atoms with van der Waals surface area (Å²) in [6.07, 6.45) is 0. The highest BCUT2D eigenvalue weighted by atomic mass is 35.5. The maximum atomic E-state index is 12.7. The van der Waals surface area contributed by atoms with Gasteiger partial charge in [0.15, 0.2) is 10.9 Å². The Labute approximate surface area is 219 Å². The Morgan fingerprint density at radius 3 is 2.66 bits per heavy atom. The van der Waals surface area contributed by atoms with Crippen LogP contribution in [0.25, 0.3) is 20.8 Å². The van der Waals surface area contributed by atoms with E-state index in [1.165, 1.54) is 23.5 Å². The van der Waals surface area contributed by atoms with Gasteiger partial charge in [-0.1, -0.05) is 35.3 Å². The number of nitro benzene ring substituents is 1. The molecule has 12 heteroatoms. The van der Waals surface area contributed by atoms with Crippen molar-refractivity contribution in [1.29, 1.82) is 0 Å². The van der Waals surface area contributed by atoms with Gasteiger partial charge in [-0.3, -0.25) is 20.2 Å². The molecule has 1 aromatic heterocycles. The molecule has 0 unspecified atom stereocenters. The summed E-state index contributed by atoms with van der Waals surface area (Å²) in [4.78, 5) is 28.0. The molecule has 0 bridgehead atoms. The Bertz CT molecular complexity index is 1440. The Balaban J connectivity index is 1.54. The molecule has 0 saturated carbocycles. The van der Waals surface area contributed by atoms with Gasteiger partial charge < -0.3 is 10.1 Å². The van der Waals surface area contributed by atoms with E-state index in [0.29, 0.717) is 21.3 Å². The van der Waals surface area contributed by atoms with Gasteiger partial charge in [0, 0.05) is 17.2 Å². The molecule has 0 radical (unpaired) electrons. The SMILES string of the molecule is CCOc1ccc(C(=O)NC(=S)Nc2cc(-c3nc4ccccc4s3)c(Cl)cc2Cl)cc1[N+](=O)[O-]. The lowest BCUT2D eigenvalue weighted by molar-refractivity contribution is -0.385. The number of anilines is 1. The number of nitrogens with zero attached hydrogens (tertiary/aromatic N) is 2. The topological polar surface area (TPSA) is 106 Å². The fraction of sp³-hybridized carbons (Fsp3) is 0.0870. The van der Waals surface area contributed by atoms with Crippen molar-refractivity contribution in [3.8, 4) is 16.3 Å². The van der Waals surface area contributed by atoms with E-state index in [-0.39, 0.29) is 33.7 Å². The first-order chi connectivity index (χ1) is 16.8. The van der Waals surface area contributed by atoms with E-state index < -0.39 is 10.8 Å². The highest BCUT2D eigenvalue weighted by Gasteiger charge is 2.20. The number of thiocarbonyl (C=S) groups is 1. The Hall–Kier alpha value is -3.31. The van der Waals surface area contributed by atoms with Crippen LogP contribution in [0.3, 0.4) is 0 Å². The van der Waals surface area contributed by atoms with Crippen molar-refractivity contribution < 1.29 is 14.5 Å². The van der Waals surface area contributed by atoms with Gasteiger partial charge in [-0.2, -0.15) is 0 Å². The molecule has 35 heavy (non-hydrogen) atoms. The zero-order valence-electron chi connectivity index (χ0n) is 18.0. The molecule has 0 spiro atoms. The highest BCUT2D eigenvalue weighted by Crippen LogP contribution is 2.39. The van der Waals surface area contributed by atoms with E-state index in [4.69, 9.17) is 40.2 Å². The maximum Gasteiger partial charge on any atom is 0.311 e. The van der Waals surface area contributed by atoms with Crippen molar-refractivity contribution in [2.75, 3.05) is 11.9 Å². The number of carbonyl (C=O) groups is 1. The first-order valence-electron chi connectivity index (χ1n) is 10.2. The number of amides is 1. The lowest BCUT2D eigenvalue weighted by atomic mass is 10.1. The third-order valence-corrected chi connectivity index (χ3v) is 6.67. The predicted molar refractivity (Wildman–Crippen MR) is 143 cm³/mol. The molecule has 4 aromatic rings. The number of rotatable bonds is 6. The van der Waals surface area contributed by atoms with E-state index in [1.807, 2.05) is 24.3 Å². The van der Waals surface area contributed by atoms with Crippen LogP contribution in [0, 0.1) is 10.1 Å². The Morgan fingerprint density at radius 2 is 1.94 bits per heavy atom. The number of hydrogen-bond donors (Lipinski definition) is 2. The molecular formula is C23H16Cl2N4O4S2. The summed E-state index contributed by atoms with van der Waals surface area (Å²) in [7, 11) is 0. The van der Waals surface area contributed by atoms with Gasteiger partial charge in [0.2, 0.25) is 0 Å². The molecule has 1 amide bonds. The van der Waals surface area contributed by atoms with Gasteiger partial charge >= 0.3 is 5.69 Å². The number of nitrogens with one attached hydrogen (secondary N) is 2. The van der Waals surface area contributed by atoms with Crippen LogP contribution in [0.1, 0.15) is 17.3 Å². The van der Waals surface area contributed by atoms with E-state index in [1.54, 1.807) is 19.1 Å². The van der Waals surface area contributed by atoms with Crippen LogP contribution in [0.15, 0.2) is 54.6 Å². The summed E-state index contributed by atoms with van der Waals surface area (Å²) in [5.41, 5.74) is 1.63. The first-order valence-corrected chi connectivity index (χ1v) is 12.1. The number of hydrogen-bond acceptors (Lipinski definition) is 7. The fourth-order valence-corrected chi connectivity index (χ4v) is 4.98. The molecule has 0 aliphatic carbocycles. The number of benzene rings is 3. The average Bonchev–Trinajstić information content (AvgIpc) is 3.25. The van der Waals surface area contributed by atoms with Gasteiger partial charge in [-0.15, -0.1) is 11.3 Å². The number of nitro groups is 1. The number of fused-ring (bicyclic) bond motifs is 1. The van der Waals surface area contributed by atoms with E-state index in [2.05, 4.69) is 15.6 Å². The summed E-state index contributed by atoms with van der Waals surface area (Å²) in [5.74, 6) is -0.560. The summed E-state index contributed by atoms with van der Waals surface area (Å²) in [5, 5.41) is 18.1. The highest BCUT2D eigenvalue weighted by molar-refractivity contribution is 7.80. The number of ether oxygens (including phenoxy) is 1. The number of thiazole rings is 1. The standard InChI is InChI=1S/C23H16Cl2N4O4S2/c1-2-33-19-8-7-12(9-18(19)29(31)32)21(30)28-23(34)27-17-10-13(14(24)11-15(17)25)22-26-16-5-3-4-6-20(16)35-22/h3-11H,2H2,1H3,(H2,27,28,30,34). The van der Waals surface area contributed by atoms with Crippen LogP contribution in [0.4, 0.5) is 11.4 Å². The van der Waals surface area contributed by atoms with Crippen LogP contribution >= 0.6 is 46.8 Å². The van der Waals surface area contributed by atoms with Gasteiger partial charge in [0.1, 0.15) is 5.01 Å². The second-order valence-corrected chi connectivity index (χ2v) is 9.33. The van der Waals surface area contributed by atoms with Crippen LogP contribution in [0.5, 0.6) is 5.75 Å². The zero-order valence-corrected chi connectivity index (χ0v) is 21.1. The first kappa shape index (κ1) is 24.8. The van der Waals surface area contributed by atoms with Gasteiger partial charge in [-0.25, -0.2) is 4.98 Å². The smallest absolute Gasteiger partial charge is 0.311 e. The molecule has 2 N–H and O–H groups in total. The van der Waals surface area contributed by atoms with Crippen molar-refractivity contribution in [3.05, 3.63) is 80.3 Å². The molecule has 0 atom stereocenters. The van der Waals surface area contributed by atoms with Crippen LogP contribution in [-0.4, -0.2) is 27.5 Å². The molecule has 8 nitrogen and oxygen atoms in total. The van der Waals surface area contributed by atoms with Crippen LogP contribution < -0.4 is 15.4 Å². The molecule has 0 saturated heterocycles. The maximum absolute atomic E-state index is 12.7. The summed E-state index contributed by atoms with van der Waals surface area (Å²) < 4.78 is 6.25. The molecule has 4 rings (SSSR count). The third kappa shape index (κ3) is 5.51. The molecule has 0 aliphatic heterocycles. The average molecular weight is 547 g/mol. The number of halogens is 2. The second kappa shape index (κ2) is 10.5. The fourth-order valence-electron chi connectivity index (χ4n) is 3.20. The van der Waals surface area contributed by atoms with Crippen molar-refractivity contribution in [2.24, 2.45) is 0 Å². The quantitative estimate of drug-likeness (QED) is 0.157. The minimum Gasteiger partial charge on any atom is -0.487 e. The molecule has 0 fully saturated rings. The zero-order chi connectivity index (χ0) is 25.1. The van der Waals surface area contributed by atoms with Crippen molar-refractivity contribution >= 4 is 79.4 Å². The normalized spacial score (nSPS) is 10.7. The monoisotopic (exact) mass is 546 g/mol. The predicted octanol–water partition coefficient (Wildman–Crippen LogP) is 6.70. The minimum absolute atomic E-state index is 0.0432. The Morgan fingerprint density at radius 1 is 1.17 bits per heavy atom. The minimum atomic E-state index is -0.634. The lowest BCUT2D eigenvalue weighted by Crippen LogP contribution is -2.34. The van der Waals surface area contributed by atoms with Crippen LogP contribution in [0.2, 0.25) is 10.0 Å². The number of aromatic nitrogens is 1. The molecular weight excluding hydrogens is 531 g/mol. The van der Waals surface area contributed by atoms with Crippen molar-refractivity contribution in [2.45, 2.75) is 6.92 Å². The number of carbonyl (C=O) groups excluding carboxylic acids is 1. The van der Waals surface area contributed by atoms with E-state index in [9.17, 15) is 14.9 Å². The summed E-state index contributed by atoms with van der Waals surface area (Å²) in [6, 6.07) is 14.9.